The Kier molecular flexibility index (Phi) is 7.83. The number of halogens is 1. The maximum Gasteiger partial charge on any atom is 0.152 e. The smallest absolute Gasteiger partial charge is 0.152 e. The Morgan fingerprint density at radius 3 is 2.20 bits per heavy atom. The Morgan fingerprint density at radius 1 is 1.12 bits per heavy atom. The van der Waals surface area contributed by atoms with Gasteiger partial charge < -0.3 is 11.5 Å². The molecule has 0 aliphatic carbocycles. The summed E-state index contributed by atoms with van der Waals surface area (Å²) in [5.74, 6) is 0. The van der Waals surface area contributed by atoms with Crippen LogP contribution in [0.4, 0.5) is 5.69 Å². The van der Waals surface area contributed by atoms with Gasteiger partial charge >= 0.3 is 0 Å². The standard InChI is InChI=1S/C12H10BrNO2.C7H6N2/c1-8(6-15)11(7-16)12(14)9-2-4-10(13)5-3-9;8-5-6-2-1-3-7(9)4-6/h2-7H,1,14H2;1-4H,9H2/b12-11-;. The van der Waals surface area contributed by atoms with Gasteiger partial charge in [-0.25, -0.2) is 0 Å². The molecule has 0 aromatic heterocycles. The number of hydrogen-bond donors (Lipinski definition) is 2. The number of benzene rings is 2. The van der Waals surface area contributed by atoms with Gasteiger partial charge in [-0.05, 0) is 35.9 Å². The number of nitrogens with zero attached hydrogens (tertiary/aromatic N) is 1. The largest absolute Gasteiger partial charge is 0.399 e. The molecule has 2 aromatic rings. The van der Waals surface area contributed by atoms with Gasteiger partial charge in [0.15, 0.2) is 6.29 Å². The quantitative estimate of drug-likeness (QED) is 0.356. The highest BCUT2D eigenvalue weighted by molar-refractivity contribution is 9.10. The summed E-state index contributed by atoms with van der Waals surface area (Å²) in [5, 5.41) is 8.36. The molecule has 126 valence electrons. The first-order valence-corrected chi connectivity index (χ1v) is 7.83. The lowest BCUT2D eigenvalue weighted by atomic mass is 10.0. The second kappa shape index (κ2) is 9.85. The molecule has 0 bridgehead atoms. The summed E-state index contributed by atoms with van der Waals surface area (Å²) in [5.41, 5.74) is 13.5. The third-order valence-corrected chi connectivity index (χ3v) is 3.60. The molecule has 0 saturated carbocycles. The van der Waals surface area contributed by atoms with E-state index in [1.807, 2.05) is 6.07 Å². The molecule has 6 heteroatoms. The molecular formula is C19H16BrN3O2. The maximum absolute atomic E-state index is 10.8. The number of aldehydes is 2. The normalized spacial score (nSPS) is 10.4. The number of nitrogen functional groups attached to an aromatic ring is 1. The van der Waals surface area contributed by atoms with Crippen LogP contribution in [0.1, 0.15) is 11.1 Å². The topological polar surface area (TPSA) is 110 Å². The second-order valence-electron chi connectivity index (χ2n) is 4.83. The summed E-state index contributed by atoms with van der Waals surface area (Å²) in [6.07, 6.45) is 1.05. The van der Waals surface area contributed by atoms with Crippen LogP contribution in [0.15, 0.2) is 70.7 Å². The van der Waals surface area contributed by atoms with Crippen molar-refractivity contribution in [2.75, 3.05) is 5.73 Å². The van der Waals surface area contributed by atoms with Crippen molar-refractivity contribution < 1.29 is 9.59 Å². The van der Waals surface area contributed by atoms with Gasteiger partial charge in [-0.1, -0.05) is 40.7 Å². The number of hydrogen-bond acceptors (Lipinski definition) is 5. The number of rotatable bonds is 4. The summed E-state index contributed by atoms with van der Waals surface area (Å²) >= 11 is 3.29. The molecule has 25 heavy (non-hydrogen) atoms. The van der Waals surface area contributed by atoms with Crippen molar-refractivity contribution in [1.29, 1.82) is 5.26 Å². The molecule has 0 saturated heterocycles. The average Bonchev–Trinajstić information content (AvgIpc) is 2.63. The minimum absolute atomic E-state index is 0.0791. The van der Waals surface area contributed by atoms with Crippen molar-refractivity contribution >= 4 is 39.9 Å². The van der Waals surface area contributed by atoms with Crippen molar-refractivity contribution in [1.82, 2.24) is 0 Å². The predicted molar refractivity (Wildman–Crippen MR) is 102 cm³/mol. The molecule has 0 aliphatic rings. The Bertz CT molecular complexity index is 850. The van der Waals surface area contributed by atoms with Crippen molar-refractivity contribution in [2.24, 2.45) is 5.73 Å². The van der Waals surface area contributed by atoms with Gasteiger partial charge in [0.2, 0.25) is 0 Å². The van der Waals surface area contributed by atoms with Gasteiger partial charge in [0, 0.05) is 21.3 Å². The van der Waals surface area contributed by atoms with Crippen LogP contribution in [0.25, 0.3) is 5.70 Å². The molecule has 0 fully saturated rings. The van der Waals surface area contributed by atoms with E-state index in [2.05, 4.69) is 22.5 Å². The predicted octanol–water partition coefficient (Wildman–Crippen LogP) is 3.21. The van der Waals surface area contributed by atoms with E-state index in [9.17, 15) is 9.59 Å². The van der Waals surface area contributed by atoms with Crippen LogP contribution in [-0.2, 0) is 9.59 Å². The van der Waals surface area contributed by atoms with E-state index in [-0.39, 0.29) is 16.8 Å². The van der Waals surface area contributed by atoms with Crippen molar-refractivity contribution in [3.05, 3.63) is 81.9 Å². The summed E-state index contributed by atoms with van der Waals surface area (Å²) in [6.45, 7) is 3.46. The van der Waals surface area contributed by atoms with Crippen LogP contribution >= 0.6 is 15.9 Å². The van der Waals surface area contributed by atoms with E-state index in [1.165, 1.54) is 0 Å². The van der Waals surface area contributed by atoms with Crippen LogP contribution in [0, 0.1) is 11.3 Å². The third-order valence-electron chi connectivity index (χ3n) is 3.07. The third kappa shape index (κ3) is 6.09. The zero-order valence-corrected chi connectivity index (χ0v) is 14.9. The van der Waals surface area contributed by atoms with Gasteiger partial charge in [0.25, 0.3) is 0 Å². The van der Waals surface area contributed by atoms with E-state index < -0.39 is 0 Å². The van der Waals surface area contributed by atoms with E-state index in [1.54, 1.807) is 48.5 Å². The minimum Gasteiger partial charge on any atom is -0.399 e. The first-order chi connectivity index (χ1) is 11.9. The Morgan fingerprint density at radius 2 is 1.76 bits per heavy atom. The van der Waals surface area contributed by atoms with E-state index in [4.69, 9.17) is 16.7 Å². The highest BCUT2D eigenvalue weighted by Gasteiger charge is 2.08. The molecule has 0 amide bonds. The molecule has 0 heterocycles. The van der Waals surface area contributed by atoms with Crippen LogP contribution in [0.5, 0.6) is 0 Å². The lowest BCUT2D eigenvalue weighted by Crippen LogP contribution is -2.05. The molecular weight excluding hydrogens is 382 g/mol. The molecule has 0 spiro atoms. The summed E-state index contributed by atoms with van der Waals surface area (Å²) in [7, 11) is 0. The maximum atomic E-state index is 10.8. The minimum atomic E-state index is 0.0791. The van der Waals surface area contributed by atoms with Crippen molar-refractivity contribution in [3.8, 4) is 6.07 Å². The van der Waals surface area contributed by atoms with Crippen LogP contribution in [0.3, 0.4) is 0 Å². The fraction of sp³-hybridized carbons (Fsp3) is 0. The van der Waals surface area contributed by atoms with Crippen LogP contribution < -0.4 is 11.5 Å². The number of nitrogens with two attached hydrogens (primary N) is 2. The fourth-order valence-electron chi connectivity index (χ4n) is 1.77. The van der Waals surface area contributed by atoms with Crippen LogP contribution in [0.2, 0.25) is 0 Å². The molecule has 0 radical (unpaired) electrons. The fourth-order valence-corrected chi connectivity index (χ4v) is 2.03. The number of anilines is 1. The van der Waals surface area contributed by atoms with Crippen LogP contribution in [-0.4, -0.2) is 12.6 Å². The first kappa shape index (κ1) is 19.9. The number of carbonyl (C=O) groups excluding carboxylic acids is 2. The number of nitriles is 1. The number of allylic oxidation sites excluding steroid dienone is 2. The summed E-state index contributed by atoms with van der Waals surface area (Å²) in [4.78, 5) is 21.4. The Hall–Kier alpha value is -3.17. The lowest BCUT2D eigenvalue weighted by molar-refractivity contribution is -0.107. The zero-order chi connectivity index (χ0) is 18.8. The van der Waals surface area contributed by atoms with Crippen molar-refractivity contribution in [2.45, 2.75) is 0 Å². The molecule has 5 nitrogen and oxygen atoms in total. The molecule has 0 aliphatic heterocycles. The van der Waals surface area contributed by atoms with Gasteiger partial charge in [-0.3, -0.25) is 9.59 Å². The van der Waals surface area contributed by atoms with Gasteiger partial charge in [0.1, 0.15) is 6.29 Å². The first-order valence-electron chi connectivity index (χ1n) is 7.03. The molecule has 2 rings (SSSR count). The van der Waals surface area contributed by atoms with Gasteiger partial charge in [-0.15, -0.1) is 0 Å². The molecule has 0 unspecified atom stereocenters. The molecule has 4 N–H and O–H groups in total. The highest BCUT2D eigenvalue weighted by Crippen LogP contribution is 2.19. The zero-order valence-electron chi connectivity index (χ0n) is 13.3. The van der Waals surface area contributed by atoms with E-state index in [0.717, 1.165) is 4.47 Å². The molecule has 2 aromatic carbocycles. The SMILES string of the molecule is C=C(C=O)/C(C=O)=C(\N)c1ccc(Br)cc1.N#Cc1cccc(N)c1. The van der Waals surface area contributed by atoms with Gasteiger partial charge in [0.05, 0.1) is 17.3 Å². The average molecular weight is 398 g/mol. The highest BCUT2D eigenvalue weighted by atomic mass is 79.9. The monoisotopic (exact) mass is 397 g/mol. The van der Waals surface area contributed by atoms with Crippen molar-refractivity contribution in [3.63, 3.8) is 0 Å². The Balaban J connectivity index is 0.000000293. The van der Waals surface area contributed by atoms with E-state index >= 15 is 0 Å². The lowest BCUT2D eigenvalue weighted by Gasteiger charge is -2.05. The van der Waals surface area contributed by atoms with E-state index in [0.29, 0.717) is 29.4 Å². The second-order valence-corrected chi connectivity index (χ2v) is 5.75. The van der Waals surface area contributed by atoms with Gasteiger partial charge in [-0.2, -0.15) is 5.26 Å². The molecule has 0 atom stereocenters. The summed E-state index contributed by atoms with van der Waals surface area (Å²) < 4.78 is 0.908. The summed E-state index contributed by atoms with van der Waals surface area (Å²) in [6, 6.07) is 16.0. The Labute approximate surface area is 154 Å². The number of carbonyl (C=O) groups is 2.